The van der Waals surface area contributed by atoms with Gasteiger partial charge in [-0.25, -0.2) is 4.39 Å². The normalized spacial score (nSPS) is 10.5. The molecule has 1 heterocycles. The summed E-state index contributed by atoms with van der Waals surface area (Å²) < 4.78 is 13.4. The van der Waals surface area contributed by atoms with E-state index in [4.69, 9.17) is 5.73 Å². The third-order valence-corrected chi connectivity index (χ3v) is 2.95. The third-order valence-electron chi connectivity index (χ3n) is 1.93. The monoisotopic (exact) mass is 223 g/mol. The molecule has 2 aromatic rings. The first-order valence-corrected chi connectivity index (χ1v) is 5.40. The van der Waals surface area contributed by atoms with Crippen molar-refractivity contribution in [2.24, 2.45) is 5.73 Å². The second-order valence-corrected chi connectivity index (χ2v) is 4.08. The Labute approximate surface area is 90.8 Å². The molecule has 0 saturated carbocycles. The molecule has 0 aliphatic rings. The van der Waals surface area contributed by atoms with Crippen molar-refractivity contribution < 1.29 is 4.39 Å². The van der Waals surface area contributed by atoms with Crippen LogP contribution in [0, 0.1) is 5.82 Å². The molecule has 0 saturated heterocycles. The van der Waals surface area contributed by atoms with E-state index >= 15 is 0 Å². The van der Waals surface area contributed by atoms with Gasteiger partial charge in [0.05, 0.1) is 0 Å². The SMILES string of the molecule is NCCc1nnc(-c2ccccc2F)s1. The van der Waals surface area contributed by atoms with Gasteiger partial charge in [-0.3, -0.25) is 0 Å². The molecule has 5 heteroatoms. The van der Waals surface area contributed by atoms with E-state index < -0.39 is 0 Å². The Bertz CT molecular complexity index is 455. The number of benzene rings is 1. The largest absolute Gasteiger partial charge is 0.330 e. The molecule has 0 atom stereocenters. The van der Waals surface area contributed by atoms with E-state index in [1.54, 1.807) is 18.2 Å². The summed E-state index contributed by atoms with van der Waals surface area (Å²) in [7, 11) is 0. The summed E-state index contributed by atoms with van der Waals surface area (Å²) in [5.41, 5.74) is 5.90. The summed E-state index contributed by atoms with van der Waals surface area (Å²) >= 11 is 1.38. The molecule has 0 spiro atoms. The van der Waals surface area contributed by atoms with Crippen molar-refractivity contribution >= 4 is 11.3 Å². The zero-order valence-corrected chi connectivity index (χ0v) is 8.80. The summed E-state index contributed by atoms with van der Waals surface area (Å²) in [5, 5.41) is 9.34. The van der Waals surface area contributed by atoms with Gasteiger partial charge in [-0.1, -0.05) is 23.5 Å². The predicted octanol–water partition coefficient (Wildman–Crippen LogP) is 1.85. The number of nitrogens with two attached hydrogens (primary N) is 1. The first-order valence-electron chi connectivity index (χ1n) is 4.58. The maximum absolute atomic E-state index is 13.4. The number of rotatable bonds is 3. The van der Waals surface area contributed by atoms with Crippen LogP contribution >= 0.6 is 11.3 Å². The first-order chi connectivity index (χ1) is 7.31. The van der Waals surface area contributed by atoms with Gasteiger partial charge in [0.15, 0.2) is 5.01 Å². The third kappa shape index (κ3) is 2.19. The Morgan fingerprint density at radius 1 is 1.27 bits per heavy atom. The summed E-state index contributed by atoms with van der Waals surface area (Å²) in [5.74, 6) is -0.270. The lowest BCUT2D eigenvalue weighted by Crippen LogP contribution is -2.01. The number of aromatic nitrogens is 2. The van der Waals surface area contributed by atoms with Crippen molar-refractivity contribution in [3.05, 3.63) is 35.1 Å². The van der Waals surface area contributed by atoms with Crippen LogP contribution in [0.2, 0.25) is 0 Å². The summed E-state index contributed by atoms with van der Waals surface area (Å²) in [6.07, 6.45) is 0.687. The lowest BCUT2D eigenvalue weighted by atomic mass is 10.2. The van der Waals surface area contributed by atoms with E-state index in [9.17, 15) is 4.39 Å². The lowest BCUT2D eigenvalue weighted by molar-refractivity contribution is 0.631. The Balaban J connectivity index is 2.33. The van der Waals surface area contributed by atoms with Gasteiger partial charge in [0.1, 0.15) is 10.8 Å². The number of nitrogens with zero attached hydrogens (tertiary/aromatic N) is 2. The van der Waals surface area contributed by atoms with E-state index in [0.717, 1.165) is 5.01 Å². The van der Waals surface area contributed by atoms with Crippen LogP contribution in [0.3, 0.4) is 0 Å². The second kappa shape index (κ2) is 4.46. The maximum atomic E-state index is 13.4. The van der Waals surface area contributed by atoms with Crippen LogP contribution in [0.25, 0.3) is 10.6 Å². The molecule has 1 aromatic heterocycles. The standard InChI is InChI=1S/C10H10FN3S/c11-8-4-2-1-3-7(8)10-14-13-9(15-10)5-6-12/h1-4H,5-6,12H2. The van der Waals surface area contributed by atoms with Crippen LogP contribution in [0.1, 0.15) is 5.01 Å². The van der Waals surface area contributed by atoms with Crippen LogP contribution in [0.4, 0.5) is 4.39 Å². The van der Waals surface area contributed by atoms with Gasteiger partial charge in [0.2, 0.25) is 0 Å². The number of hydrogen-bond donors (Lipinski definition) is 1. The van der Waals surface area contributed by atoms with Crippen molar-refractivity contribution in [3.8, 4) is 10.6 Å². The van der Waals surface area contributed by atoms with Crippen LogP contribution in [0.5, 0.6) is 0 Å². The topological polar surface area (TPSA) is 51.8 Å². The zero-order chi connectivity index (χ0) is 10.7. The minimum absolute atomic E-state index is 0.270. The van der Waals surface area contributed by atoms with Crippen molar-refractivity contribution in [1.29, 1.82) is 0 Å². The molecular weight excluding hydrogens is 213 g/mol. The molecule has 1 aromatic carbocycles. The van der Waals surface area contributed by atoms with Gasteiger partial charge < -0.3 is 5.73 Å². The molecule has 0 radical (unpaired) electrons. The first kappa shape index (κ1) is 10.2. The van der Waals surface area contributed by atoms with E-state index in [-0.39, 0.29) is 5.82 Å². The average molecular weight is 223 g/mol. The van der Waals surface area contributed by atoms with Crippen molar-refractivity contribution in [2.45, 2.75) is 6.42 Å². The summed E-state index contributed by atoms with van der Waals surface area (Å²) in [6, 6.07) is 6.55. The fourth-order valence-corrected chi connectivity index (χ4v) is 2.10. The summed E-state index contributed by atoms with van der Waals surface area (Å²) in [6.45, 7) is 0.534. The Kier molecular flexibility index (Phi) is 3.03. The number of halogens is 1. The summed E-state index contributed by atoms with van der Waals surface area (Å²) in [4.78, 5) is 0. The van der Waals surface area contributed by atoms with Gasteiger partial charge in [0, 0.05) is 12.0 Å². The van der Waals surface area contributed by atoms with Gasteiger partial charge >= 0.3 is 0 Å². The fourth-order valence-electron chi connectivity index (χ4n) is 1.22. The Morgan fingerprint density at radius 2 is 2.07 bits per heavy atom. The van der Waals surface area contributed by atoms with Gasteiger partial charge in [-0.2, -0.15) is 0 Å². The molecule has 0 bridgehead atoms. The molecule has 0 fully saturated rings. The van der Waals surface area contributed by atoms with Crippen LogP contribution < -0.4 is 5.73 Å². The highest BCUT2D eigenvalue weighted by Crippen LogP contribution is 2.25. The van der Waals surface area contributed by atoms with Crippen LogP contribution in [-0.4, -0.2) is 16.7 Å². The Hall–Kier alpha value is -1.33. The highest BCUT2D eigenvalue weighted by atomic mass is 32.1. The zero-order valence-electron chi connectivity index (χ0n) is 7.98. The highest BCUT2D eigenvalue weighted by molar-refractivity contribution is 7.14. The predicted molar refractivity (Wildman–Crippen MR) is 58.1 cm³/mol. The van der Waals surface area contributed by atoms with Crippen molar-refractivity contribution in [2.75, 3.05) is 6.54 Å². The van der Waals surface area contributed by atoms with E-state index in [1.807, 2.05) is 0 Å². The molecule has 2 rings (SSSR count). The van der Waals surface area contributed by atoms with Crippen LogP contribution in [0.15, 0.2) is 24.3 Å². The van der Waals surface area contributed by atoms with E-state index in [2.05, 4.69) is 10.2 Å². The lowest BCUT2D eigenvalue weighted by Gasteiger charge is -1.95. The fraction of sp³-hybridized carbons (Fsp3) is 0.200. The molecular formula is C10H10FN3S. The molecule has 78 valence electrons. The molecule has 15 heavy (non-hydrogen) atoms. The maximum Gasteiger partial charge on any atom is 0.150 e. The minimum Gasteiger partial charge on any atom is -0.330 e. The average Bonchev–Trinajstić information content (AvgIpc) is 2.68. The second-order valence-electron chi connectivity index (χ2n) is 3.02. The molecule has 0 unspecified atom stereocenters. The van der Waals surface area contributed by atoms with Crippen LogP contribution in [-0.2, 0) is 6.42 Å². The van der Waals surface area contributed by atoms with Gasteiger partial charge in [0.25, 0.3) is 0 Å². The molecule has 2 N–H and O–H groups in total. The minimum atomic E-state index is -0.270. The Morgan fingerprint density at radius 3 is 2.80 bits per heavy atom. The molecule has 0 aliphatic heterocycles. The number of hydrogen-bond acceptors (Lipinski definition) is 4. The van der Waals surface area contributed by atoms with Gasteiger partial charge in [-0.05, 0) is 18.7 Å². The molecule has 0 aliphatic carbocycles. The van der Waals surface area contributed by atoms with E-state index in [1.165, 1.54) is 17.4 Å². The molecule has 3 nitrogen and oxygen atoms in total. The van der Waals surface area contributed by atoms with Gasteiger partial charge in [-0.15, -0.1) is 10.2 Å². The smallest absolute Gasteiger partial charge is 0.150 e. The van der Waals surface area contributed by atoms with E-state index in [0.29, 0.717) is 23.5 Å². The molecule has 0 amide bonds. The highest BCUT2D eigenvalue weighted by Gasteiger charge is 2.09. The van der Waals surface area contributed by atoms with Crippen molar-refractivity contribution in [3.63, 3.8) is 0 Å². The quantitative estimate of drug-likeness (QED) is 0.863. The van der Waals surface area contributed by atoms with Crippen molar-refractivity contribution in [1.82, 2.24) is 10.2 Å².